The number of benzene rings is 1. The first-order valence-electron chi connectivity index (χ1n) is 5.17. The van der Waals surface area contributed by atoms with Gasteiger partial charge in [-0.05, 0) is 32.4 Å². The molecule has 0 radical (unpaired) electrons. The lowest BCUT2D eigenvalue weighted by atomic mass is 10.1. The SMILES string of the molecule is Cc1ccc([C@H](C)N)c(OCC(C)O)c1. The Morgan fingerprint density at radius 3 is 2.60 bits per heavy atom. The maximum absolute atomic E-state index is 9.16. The maximum atomic E-state index is 9.16. The third kappa shape index (κ3) is 3.53. The van der Waals surface area contributed by atoms with Crippen LogP contribution in [0.1, 0.15) is 31.0 Å². The molecule has 3 N–H and O–H groups in total. The van der Waals surface area contributed by atoms with E-state index in [0.29, 0.717) is 6.61 Å². The molecular formula is C12H19NO2. The zero-order valence-corrected chi connectivity index (χ0v) is 9.53. The van der Waals surface area contributed by atoms with E-state index in [1.165, 1.54) is 0 Å². The molecule has 0 spiro atoms. The Balaban J connectivity index is 2.87. The van der Waals surface area contributed by atoms with Crippen LogP contribution in [0.5, 0.6) is 5.75 Å². The summed E-state index contributed by atoms with van der Waals surface area (Å²) in [7, 11) is 0. The van der Waals surface area contributed by atoms with E-state index in [2.05, 4.69) is 0 Å². The Labute approximate surface area is 90.9 Å². The molecule has 0 bridgehead atoms. The minimum Gasteiger partial charge on any atom is -0.491 e. The zero-order valence-electron chi connectivity index (χ0n) is 9.53. The van der Waals surface area contributed by atoms with Crippen molar-refractivity contribution in [3.05, 3.63) is 29.3 Å². The number of aliphatic hydroxyl groups excluding tert-OH is 1. The first kappa shape index (κ1) is 12.0. The molecule has 15 heavy (non-hydrogen) atoms. The van der Waals surface area contributed by atoms with Gasteiger partial charge in [0.1, 0.15) is 12.4 Å². The Kier molecular flexibility index (Phi) is 4.12. The lowest BCUT2D eigenvalue weighted by Crippen LogP contribution is -2.15. The van der Waals surface area contributed by atoms with E-state index < -0.39 is 6.10 Å². The molecule has 0 amide bonds. The molecule has 3 heteroatoms. The summed E-state index contributed by atoms with van der Waals surface area (Å²) in [4.78, 5) is 0. The predicted octanol–water partition coefficient (Wildman–Crippen LogP) is 1.77. The summed E-state index contributed by atoms with van der Waals surface area (Å²) in [5.74, 6) is 0.769. The Morgan fingerprint density at radius 1 is 1.40 bits per heavy atom. The summed E-state index contributed by atoms with van der Waals surface area (Å²) in [5, 5.41) is 9.16. The van der Waals surface area contributed by atoms with Gasteiger partial charge in [-0.2, -0.15) is 0 Å². The van der Waals surface area contributed by atoms with E-state index in [1.54, 1.807) is 6.92 Å². The molecule has 0 fully saturated rings. The molecule has 1 rings (SSSR count). The monoisotopic (exact) mass is 209 g/mol. The molecule has 84 valence electrons. The molecule has 0 heterocycles. The molecule has 0 saturated heterocycles. The van der Waals surface area contributed by atoms with Crippen molar-refractivity contribution in [2.45, 2.75) is 32.9 Å². The fraction of sp³-hybridized carbons (Fsp3) is 0.500. The standard InChI is InChI=1S/C12H19NO2/c1-8-4-5-11(10(3)13)12(6-8)15-7-9(2)14/h4-6,9-10,14H,7,13H2,1-3H3/t9?,10-/m0/s1. The molecule has 0 aliphatic rings. The van der Waals surface area contributed by atoms with Crippen molar-refractivity contribution >= 4 is 0 Å². The van der Waals surface area contributed by atoms with Crippen LogP contribution in [0.3, 0.4) is 0 Å². The van der Waals surface area contributed by atoms with Gasteiger partial charge in [0.25, 0.3) is 0 Å². The summed E-state index contributed by atoms with van der Waals surface area (Å²) in [5.41, 5.74) is 7.93. The second-order valence-corrected chi connectivity index (χ2v) is 3.99. The third-order valence-electron chi connectivity index (χ3n) is 2.14. The van der Waals surface area contributed by atoms with Crippen LogP contribution in [0.25, 0.3) is 0 Å². The molecule has 1 unspecified atom stereocenters. The minimum absolute atomic E-state index is 0.0606. The topological polar surface area (TPSA) is 55.5 Å². The summed E-state index contributed by atoms with van der Waals surface area (Å²) < 4.78 is 5.51. The predicted molar refractivity (Wildman–Crippen MR) is 61.0 cm³/mol. The van der Waals surface area contributed by atoms with Crippen molar-refractivity contribution in [3.8, 4) is 5.75 Å². The van der Waals surface area contributed by atoms with E-state index >= 15 is 0 Å². The van der Waals surface area contributed by atoms with Gasteiger partial charge in [-0.3, -0.25) is 0 Å². The van der Waals surface area contributed by atoms with Gasteiger partial charge >= 0.3 is 0 Å². The van der Waals surface area contributed by atoms with E-state index in [1.807, 2.05) is 32.0 Å². The van der Waals surface area contributed by atoms with E-state index in [4.69, 9.17) is 15.6 Å². The third-order valence-corrected chi connectivity index (χ3v) is 2.14. The van der Waals surface area contributed by atoms with E-state index in [0.717, 1.165) is 16.9 Å². The first-order valence-corrected chi connectivity index (χ1v) is 5.17. The summed E-state index contributed by atoms with van der Waals surface area (Å²) in [6.07, 6.45) is -0.466. The molecule has 3 nitrogen and oxygen atoms in total. The van der Waals surface area contributed by atoms with Crippen molar-refractivity contribution < 1.29 is 9.84 Å². The van der Waals surface area contributed by atoms with Gasteiger partial charge in [-0.1, -0.05) is 12.1 Å². The highest BCUT2D eigenvalue weighted by Gasteiger charge is 2.09. The van der Waals surface area contributed by atoms with Gasteiger partial charge in [0.15, 0.2) is 0 Å². The number of aryl methyl sites for hydroxylation is 1. The largest absolute Gasteiger partial charge is 0.491 e. The molecule has 0 aliphatic carbocycles. The molecule has 2 atom stereocenters. The summed E-state index contributed by atoms with van der Waals surface area (Å²) in [6.45, 7) is 5.91. The summed E-state index contributed by atoms with van der Waals surface area (Å²) >= 11 is 0. The Morgan fingerprint density at radius 2 is 2.07 bits per heavy atom. The lowest BCUT2D eigenvalue weighted by Gasteiger charge is -2.15. The average molecular weight is 209 g/mol. The van der Waals surface area contributed by atoms with Gasteiger partial charge < -0.3 is 15.6 Å². The van der Waals surface area contributed by atoms with Gasteiger partial charge in [-0.15, -0.1) is 0 Å². The highest BCUT2D eigenvalue weighted by Crippen LogP contribution is 2.25. The van der Waals surface area contributed by atoms with E-state index in [9.17, 15) is 0 Å². The first-order chi connectivity index (χ1) is 7.00. The van der Waals surface area contributed by atoms with Crippen LogP contribution in [-0.4, -0.2) is 17.8 Å². The van der Waals surface area contributed by atoms with Crippen molar-refractivity contribution in [1.29, 1.82) is 0 Å². The Hall–Kier alpha value is -1.06. The van der Waals surface area contributed by atoms with Crippen LogP contribution in [0.4, 0.5) is 0 Å². The quantitative estimate of drug-likeness (QED) is 0.794. The second kappa shape index (κ2) is 5.14. The summed E-state index contributed by atoms with van der Waals surface area (Å²) in [6, 6.07) is 5.86. The van der Waals surface area contributed by atoms with Crippen molar-refractivity contribution in [2.24, 2.45) is 5.73 Å². The maximum Gasteiger partial charge on any atom is 0.124 e. The second-order valence-electron chi connectivity index (χ2n) is 3.99. The minimum atomic E-state index is -0.466. The smallest absolute Gasteiger partial charge is 0.124 e. The fourth-order valence-electron chi connectivity index (χ4n) is 1.35. The normalized spacial score (nSPS) is 14.7. The molecule has 0 aromatic heterocycles. The van der Waals surface area contributed by atoms with Crippen molar-refractivity contribution in [3.63, 3.8) is 0 Å². The highest BCUT2D eigenvalue weighted by molar-refractivity contribution is 5.38. The number of hydrogen-bond acceptors (Lipinski definition) is 3. The van der Waals surface area contributed by atoms with Crippen LogP contribution in [-0.2, 0) is 0 Å². The number of hydrogen-bond donors (Lipinski definition) is 2. The van der Waals surface area contributed by atoms with Gasteiger partial charge in [0, 0.05) is 11.6 Å². The molecule has 0 aliphatic heterocycles. The molecule has 1 aromatic carbocycles. The van der Waals surface area contributed by atoms with Gasteiger partial charge in [0.2, 0.25) is 0 Å². The number of ether oxygens (including phenoxy) is 1. The number of rotatable bonds is 4. The van der Waals surface area contributed by atoms with Gasteiger partial charge in [0.05, 0.1) is 6.10 Å². The van der Waals surface area contributed by atoms with Gasteiger partial charge in [-0.25, -0.2) is 0 Å². The molecular weight excluding hydrogens is 190 g/mol. The Bertz CT molecular complexity index is 321. The van der Waals surface area contributed by atoms with E-state index in [-0.39, 0.29) is 6.04 Å². The van der Waals surface area contributed by atoms with Crippen LogP contribution in [0.15, 0.2) is 18.2 Å². The molecule has 0 saturated carbocycles. The van der Waals surface area contributed by atoms with Crippen molar-refractivity contribution in [2.75, 3.05) is 6.61 Å². The highest BCUT2D eigenvalue weighted by atomic mass is 16.5. The number of nitrogens with two attached hydrogens (primary N) is 1. The van der Waals surface area contributed by atoms with Crippen molar-refractivity contribution in [1.82, 2.24) is 0 Å². The average Bonchev–Trinajstić information content (AvgIpc) is 2.14. The van der Waals surface area contributed by atoms with Crippen LogP contribution in [0, 0.1) is 6.92 Å². The fourth-order valence-corrected chi connectivity index (χ4v) is 1.35. The van der Waals surface area contributed by atoms with Crippen LogP contribution < -0.4 is 10.5 Å². The van der Waals surface area contributed by atoms with Crippen LogP contribution in [0.2, 0.25) is 0 Å². The number of aliphatic hydroxyl groups is 1. The zero-order chi connectivity index (χ0) is 11.4. The van der Waals surface area contributed by atoms with Crippen LogP contribution >= 0.6 is 0 Å². The lowest BCUT2D eigenvalue weighted by molar-refractivity contribution is 0.122. The molecule has 1 aromatic rings.